The van der Waals surface area contributed by atoms with Crippen molar-refractivity contribution in [2.24, 2.45) is 0 Å². The first-order chi connectivity index (χ1) is 5.27. The number of fused-ring (bicyclic) bond motifs is 1. The summed E-state index contributed by atoms with van der Waals surface area (Å²) in [6, 6.07) is 3.74. The lowest BCUT2D eigenvalue weighted by atomic mass is 10.2. The van der Waals surface area contributed by atoms with Crippen LogP contribution in [-0.4, -0.2) is 4.98 Å². The maximum absolute atomic E-state index is 5.85. The molecule has 0 aliphatic heterocycles. The molecule has 0 fully saturated rings. The van der Waals surface area contributed by atoms with E-state index in [0.717, 1.165) is 11.1 Å². The van der Waals surface area contributed by atoms with Crippen LogP contribution in [-0.2, 0) is 0 Å². The van der Waals surface area contributed by atoms with E-state index >= 15 is 0 Å². The van der Waals surface area contributed by atoms with Crippen LogP contribution in [0.2, 0.25) is 5.02 Å². The van der Waals surface area contributed by atoms with Crippen molar-refractivity contribution >= 4 is 22.7 Å². The number of benzene rings is 1. The van der Waals surface area contributed by atoms with Crippen molar-refractivity contribution in [3.8, 4) is 0 Å². The highest BCUT2D eigenvalue weighted by Gasteiger charge is 2.03. The number of oxazole rings is 1. The Hall–Kier alpha value is -1.02. The van der Waals surface area contributed by atoms with Gasteiger partial charge in [0.25, 0.3) is 6.39 Å². The van der Waals surface area contributed by atoms with Crippen molar-refractivity contribution in [3.05, 3.63) is 29.1 Å². The fourth-order valence-electron chi connectivity index (χ4n) is 1.01. The number of hydrogen-bond acceptors (Lipinski definition) is 2. The first-order valence-electron chi connectivity index (χ1n) is 3.20. The Morgan fingerprint density at radius 3 is 3.18 bits per heavy atom. The minimum atomic E-state index is 0.591. The van der Waals surface area contributed by atoms with Crippen molar-refractivity contribution < 1.29 is 4.42 Å². The summed E-state index contributed by atoms with van der Waals surface area (Å²) in [7, 11) is 0. The zero-order chi connectivity index (χ0) is 7.84. The van der Waals surface area contributed by atoms with Crippen molar-refractivity contribution in [2.75, 3.05) is 0 Å². The molecule has 0 atom stereocenters. The van der Waals surface area contributed by atoms with Crippen LogP contribution in [0.1, 0.15) is 5.56 Å². The molecule has 0 amide bonds. The zero-order valence-corrected chi connectivity index (χ0v) is 6.64. The third kappa shape index (κ3) is 0.994. The van der Waals surface area contributed by atoms with E-state index in [2.05, 4.69) is 11.4 Å². The summed E-state index contributed by atoms with van der Waals surface area (Å²) in [4.78, 5) is 3.86. The Balaban J connectivity index is 2.91. The van der Waals surface area contributed by atoms with Crippen LogP contribution in [0.15, 0.2) is 16.5 Å². The Kier molecular flexibility index (Phi) is 1.36. The number of nitrogens with zero attached hydrogens (tertiary/aromatic N) is 1. The Bertz CT molecular complexity index is 394. The Morgan fingerprint density at radius 2 is 2.36 bits per heavy atom. The van der Waals surface area contributed by atoms with E-state index in [1.165, 1.54) is 0 Å². The molecule has 3 heteroatoms. The van der Waals surface area contributed by atoms with E-state index in [4.69, 9.17) is 16.0 Å². The van der Waals surface area contributed by atoms with Crippen molar-refractivity contribution in [3.63, 3.8) is 0 Å². The van der Waals surface area contributed by atoms with Crippen molar-refractivity contribution in [2.45, 2.75) is 6.92 Å². The molecule has 1 aromatic heterocycles. The van der Waals surface area contributed by atoms with Gasteiger partial charge < -0.3 is 4.42 Å². The predicted octanol–water partition coefficient (Wildman–Crippen LogP) is 2.59. The minimum Gasteiger partial charge on any atom is -0.431 e. The van der Waals surface area contributed by atoms with E-state index in [9.17, 15) is 0 Å². The maximum atomic E-state index is 5.85. The van der Waals surface area contributed by atoms with Gasteiger partial charge in [-0.25, -0.2) is 4.98 Å². The molecule has 0 saturated heterocycles. The molecule has 55 valence electrons. The third-order valence-electron chi connectivity index (χ3n) is 1.48. The van der Waals surface area contributed by atoms with E-state index in [-0.39, 0.29) is 0 Å². The maximum Gasteiger partial charge on any atom is 0.284 e. The van der Waals surface area contributed by atoms with Crippen LogP contribution in [0.4, 0.5) is 0 Å². The summed E-state index contributed by atoms with van der Waals surface area (Å²) in [5.74, 6) is 0. The zero-order valence-electron chi connectivity index (χ0n) is 5.89. The van der Waals surface area contributed by atoms with Crippen LogP contribution in [0, 0.1) is 13.3 Å². The second kappa shape index (κ2) is 2.24. The minimum absolute atomic E-state index is 0.591. The van der Waals surface area contributed by atoms with Gasteiger partial charge in [0.1, 0.15) is 5.52 Å². The number of rotatable bonds is 0. The molecule has 0 bridgehead atoms. The van der Waals surface area contributed by atoms with Crippen molar-refractivity contribution in [1.82, 2.24) is 4.98 Å². The number of aryl methyl sites for hydroxylation is 1. The third-order valence-corrected chi connectivity index (χ3v) is 1.76. The SMILES string of the molecule is Cc1cc(Cl)c2o[c]nc2c1. The molecule has 0 aliphatic rings. The van der Waals surface area contributed by atoms with Crippen LogP contribution >= 0.6 is 11.6 Å². The summed E-state index contributed by atoms with van der Waals surface area (Å²) < 4.78 is 4.94. The molecular formula is C8H5ClNO. The number of aromatic nitrogens is 1. The lowest BCUT2D eigenvalue weighted by Crippen LogP contribution is -1.73. The van der Waals surface area contributed by atoms with Gasteiger partial charge >= 0.3 is 0 Å². The van der Waals surface area contributed by atoms with Gasteiger partial charge in [-0.1, -0.05) is 11.6 Å². The average molecular weight is 167 g/mol. The van der Waals surface area contributed by atoms with Gasteiger partial charge in [0.2, 0.25) is 0 Å². The highest BCUT2D eigenvalue weighted by atomic mass is 35.5. The van der Waals surface area contributed by atoms with Crippen LogP contribution in [0.3, 0.4) is 0 Å². The molecule has 0 saturated carbocycles. The summed E-state index contributed by atoms with van der Waals surface area (Å²) in [6.07, 6.45) is 2.40. The van der Waals surface area contributed by atoms with Gasteiger partial charge in [-0.3, -0.25) is 0 Å². The summed E-state index contributed by atoms with van der Waals surface area (Å²) in [6.45, 7) is 1.96. The molecule has 2 rings (SSSR count). The van der Waals surface area contributed by atoms with Crippen molar-refractivity contribution in [1.29, 1.82) is 0 Å². The molecule has 2 nitrogen and oxygen atoms in total. The van der Waals surface area contributed by atoms with Gasteiger partial charge in [-0.15, -0.1) is 0 Å². The van der Waals surface area contributed by atoms with Gasteiger partial charge in [-0.05, 0) is 24.6 Å². The van der Waals surface area contributed by atoms with E-state index in [1.54, 1.807) is 0 Å². The molecule has 0 unspecified atom stereocenters. The van der Waals surface area contributed by atoms with E-state index in [0.29, 0.717) is 10.6 Å². The molecule has 1 heterocycles. The van der Waals surface area contributed by atoms with Gasteiger partial charge in [0.05, 0.1) is 5.02 Å². The Labute approximate surface area is 68.8 Å². The first-order valence-corrected chi connectivity index (χ1v) is 3.58. The first kappa shape index (κ1) is 6.68. The van der Waals surface area contributed by atoms with E-state index < -0.39 is 0 Å². The number of halogens is 1. The molecular weight excluding hydrogens is 162 g/mol. The lowest BCUT2D eigenvalue weighted by molar-refractivity contribution is 0.591. The van der Waals surface area contributed by atoms with Crippen LogP contribution in [0.5, 0.6) is 0 Å². The van der Waals surface area contributed by atoms with Gasteiger partial charge in [-0.2, -0.15) is 0 Å². The quantitative estimate of drug-likeness (QED) is 0.601. The van der Waals surface area contributed by atoms with E-state index in [1.807, 2.05) is 19.1 Å². The second-order valence-corrected chi connectivity index (χ2v) is 2.81. The molecule has 0 N–H and O–H groups in total. The summed E-state index contributed by atoms with van der Waals surface area (Å²) in [5, 5.41) is 0.591. The normalized spacial score (nSPS) is 10.7. The standard InChI is InChI=1S/C8H5ClNO/c1-5-2-6(9)8-7(3-5)10-4-11-8/h2-3H,1H3. The molecule has 1 aromatic carbocycles. The van der Waals surface area contributed by atoms with Crippen LogP contribution in [0.25, 0.3) is 11.1 Å². The van der Waals surface area contributed by atoms with Gasteiger partial charge in [0.15, 0.2) is 5.58 Å². The highest BCUT2D eigenvalue weighted by molar-refractivity contribution is 6.34. The fraction of sp³-hybridized carbons (Fsp3) is 0.125. The smallest absolute Gasteiger partial charge is 0.284 e. The van der Waals surface area contributed by atoms with Gasteiger partial charge in [0, 0.05) is 0 Å². The molecule has 0 spiro atoms. The fourth-order valence-corrected chi connectivity index (χ4v) is 1.32. The summed E-state index contributed by atoms with van der Waals surface area (Å²) >= 11 is 5.85. The number of hydrogen-bond donors (Lipinski definition) is 0. The Morgan fingerprint density at radius 1 is 1.55 bits per heavy atom. The molecule has 0 aliphatic carbocycles. The monoisotopic (exact) mass is 166 g/mol. The molecule has 1 radical (unpaired) electrons. The predicted molar refractivity (Wildman–Crippen MR) is 42.6 cm³/mol. The molecule has 11 heavy (non-hydrogen) atoms. The highest BCUT2D eigenvalue weighted by Crippen LogP contribution is 2.23. The lowest BCUT2D eigenvalue weighted by Gasteiger charge is -1.92. The van der Waals surface area contributed by atoms with Crippen LogP contribution < -0.4 is 0 Å². The summed E-state index contributed by atoms with van der Waals surface area (Å²) in [5.41, 5.74) is 2.44. The molecule has 2 aromatic rings. The average Bonchev–Trinajstić information content (AvgIpc) is 2.34. The second-order valence-electron chi connectivity index (χ2n) is 2.40. The largest absolute Gasteiger partial charge is 0.431 e. The topological polar surface area (TPSA) is 26.0 Å².